The molecule has 0 aromatic heterocycles. The summed E-state index contributed by atoms with van der Waals surface area (Å²) in [5.41, 5.74) is 1.17. The van der Waals surface area contributed by atoms with Crippen molar-refractivity contribution >= 4 is 17.6 Å². The van der Waals surface area contributed by atoms with Crippen molar-refractivity contribution in [1.82, 2.24) is 4.90 Å². The Hall–Kier alpha value is -1.06. The molecule has 3 nitrogen and oxygen atoms in total. The van der Waals surface area contributed by atoms with Gasteiger partial charge in [0.15, 0.2) is 0 Å². The predicted molar refractivity (Wildman–Crippen MR) is 74.1 cm³/mol. The summed E-state index contributed by atoms with van der Waals surface area (Å²) < 4.78 is 0. The van der Waals surface area contributed by atoms with Crippen LogP contribution >= 0.6 is 11.6 Å². The summed E-state index contributed by atoms with van der Waals surface area (Å²) in [6.45, 7) is 6.16. The Kier molecular flexibility index (Phi) is 5.63. The molecule has 0 aliphatic heterocycles. The Labute approximate surface area is 113 Å². The molecule has 0 aliphatic rings. The lowest BCUT2D eigenvalue weighted by Gasteiger charge is -2.31. The molecular formula is C14H20ClNO2. The van der Waals surface area contributed by atoms with Crippen LogP contribution in [-0.2, 0) is 11.2 Å². The zero-order valence-corrected chi connectivity index (χ0v) is 11.8. The van der Waals surface area contributed by atoms with Gasteiger partial charge in [0, 0.05) is 17.1 Å². The number of aliphatic carboxylic acids is 1. The van der Waals surface area contributed by atoms with Crippen LogP contribution in [0.5, 0.6) is 0 Å². The lowest BCUT2D eigenvalue weighted by Crippen LogP contribution is -2.43. The Balaban J connectivity index is 2.68. The maximum absolute atomic E-state index is 10.9. The van der Waals surface area contributed by atoms with E-state index in [2.05, 4.69) is 6.92 Å². The summed E-state index contributed by atoms with van der Waals surface area (Å²) in [6.07, 6.45) is 0.822. The quantitative estimate of drug-likeness (QED) is 0.863. The van der Waals surface area contributed by atoms with Gasteiger partial charge in [-0.25, -0.2) is 0 Å². The first kappa shape index (κ1) is 15.0. The van der Waals surface area contributed by atoms with Gasteiger partial charge in [-0.3, -0.25) is 9.69 Å². The number of halogens is 1. The van der Waals surface area contributed by atoms with E-state index in [0.717, 1.165) is 11.4 Å². The minimum absolute atomic E-state index is 0.0758. The highest BCUT2D eigenvalue weighted by molar-refractivity contribution is 6.30. The molecule has 0 saturated heterocycles. The third-order valence-electron chi connectivity index (χ3n) is 2.99. The van der Waals surface area contributed by atoms with E-state index in [1.54, 1.807) is 0 Å². The molecule has 0 fully saturated rings. The summed E-state index contributed by atoms with van der Waals surface area (Å²) in [4.78, 5) is 12.8. The van der Waals surface area contributed by atoms with E-state index in [-0.39, 0.29) is 18.6 Å². The number of nitrogens with zero attached hydrogens (tertiary/aromatic N) is 1. The minimum atomic E-state index is -0.786. The summed E-state index contributed by atoms with van der Waals surface area (Å²) in [5, 5.41) is 9.65. The zero-order chi connectivity index (χ0) is 13.7. The lowest BCUT2D eigenvalue weighted by molar-refractivity contribution is -0.139. The standard InChI is InChI=1S/C14H20ClNO2/c1-10(2)16(9-14(17)18)11(3)8-12-4-6-13(15)7-5-12/h4-7,10-11H,8-9H2,1-3H3,(H,17,18). The second-order valence-corrected chi connectivity index (χ2v) is 5.28. The minimum Gasteiger partial charge on any atom is -0.480 e. The van der Waals surface area contributed by atoms with E-state index in [1.807, 2.05) is 43.0 Å². The molecule has 1 N–H and O–H groups in total. The summed E-state index contributed by atoms with van der Waals surface area (Å²) in [6, 6.07) is 8.09. The Morgan fingerprint density at radius 1 is 1.28 bits per heavy atom. The van der Waals surface area contributed by atoms with E-state index in [4.69, 9.17) is 16.7 Å². The van der Waals surface area contributed by atoms with Crippen LogP contribution in [0.25, 0.3) is 0 Å². The number of carboxylic acid groups (broad SMARTS) is 1. The first-order valence-electron chi connectivity index (χ1n) is 6.12. The van der Waals surface area contributed by atoms with Crippen LogP contribution in [0.4, 0.5) is 0 Å². The van der Waals surface area contributed by atoms with Gasteiger partial charge in [0.05, 0.1) is 6.54 Å². The average molecular weight is 270 g/mol. The molecule has 18 heavy (non-hydrogen) atoms. The predicted octanol–water partition coefficient (Wildman–Crippen LogP) is 3.07. The maximum atomic E-state index is 10.9. The fraction of sp³-hybridized carbons (Fsp3) is 0.500. The molecule has 0 aliphatic carbocycles. The molecule has 1 aromatic carbocycles. The van der Waals surface area contributed by atoms with Gasteiger partial charge in [-0.2, -0.15) is 0 Å². The van der Waals surface area contributed by atoms with Gasteiger partial charge in [0.2, 0.25) is 0 Å². The summed E-state index contributed by atoms with van der Waals surface area (Å²) >= 11 is 5.84. The van der Waals surface area contributed by atoms with Crippen molar-refractivity contribution in [1.29, 1.82) is 0 Å². The van der Waals surface area contributed by atoms with Crippen LogP contribution in [-0.4, -0.2) is 34.6 Å². The van der Waals surface area contributed by atoms with E-state index < -0.39 is 5.97 Å². The van der Waals surface area contributed by atoms with Crippen molar-refractivity contribution in [3.05, 3.63) is 34.9 Å². The fourth-order valence-corrected chi connectivity index (χ4v) is 2.21. The van der Waals surface area contributed by atoms with Crippen molar-refractivity contribution in [3.8, 4) is 0 Å². The van der Waals surface area contributed by atoms with Gasteiger partial charge in [-0.1, -0.05) is 23.7 Å². The van der Waals surface area contributed by atoms with E-state index >= 15 is 0 Å². The first-order valence-corrected chi connectivity index (χ1v) is 6.50. The molecule has 0 saturated carbocycles. The second-order valence-electron chi connectivity index (χ2n) is 4.84. The smallest absolute Gasteiger partial charge is 0.317 e. The highest BCUT2D eigenvalue weighted by Gasteiger charge is 2.19. The SMILES string of the molecule is CC(C)N(CC(=O)O)C(C)Cc1ccc(Cl)cc1. The number of hydrogen-bond donors (Lipinski definition) is 1. The monoisotopic (exact) mass is 269 g/mol. The van der Waals surface area contributed by atoms with Crippen LogP contribution in [0.15, 0.2) is 24.3 Å². The molecule has 1 aromatic rings. The van der Waals surface area contributed by atoms with Gasteiger partial charge in [0.25, 0.3) is 0 Å². The second kappa shape index (κ2) is 6.76. The summed E-state index contributed by atoms with van der Waals surface area (Å²) in [7, 11) is 0. The van der Waals surface area contributed by atoms with Gasteiger partial charge in [0.1, 0.15) is 0 Å². The molecule has 0 bridgehead atoms. The van der Waals surface area contributed by atoms with Gasteiger partial charge in [-0.15, -0.1) is 0 Å². The van der Waals surface area contributed by atoms with E-state index in [0.29, 0.717) is 0 Å². The molecule has 0 spiro atoms. The van der Waals surface area contributed by atoms with Crippen molar-refractivity contribution < 1.29 is 9.90 Å². The number of rotatable bonds is 6. The molecule has 1 atom stereocenters. The molecule has 1 rings (SSSR count). The van der Waals surface area contributed by atoms with Crippen molar-refractivity contribution in [3.63, 3.8) is 0 Å². The third kappa shape index (κ3) is 4.67. The molecule has 100 valence electrons. The highest BCUT2D eigenvalue weighted by Crippen LogP contribution is 2.14. The van der Waals surface area contributed by atoms with Crippen LogP contribution in [0.1, 0.15) is 26.3 Å². The number of hydrogen-bond acceptors (Lipinski definition) is 2. The van der Waals surface area contributed by atoms with Crippen molar-refractivity contribution in [2.75, 3.05) is 6.54 Å². The lowest BCUT2D eigenvalue weighted by atomic mass is 10.0. The average Bonchev–Trinajstić information content (AvgIpc) is 2.28. The van der Waals surface area contributed by atoms with Crippen molar-refractivity contribution in [2.24, 2.45) is 0 Å². The van der Waals surface area contributed by atoms with Crippen LogP contribution < -0.4 is 0 Å². The molecule has 4 heteroatoms. The summed E-state index contributed by atoms with van der Waals surface area (Å²) in [5.74, 6) is -0.786. The zero-order valence-electron chi connectivity index (χ0n) is 11.1. The normalized spacial score (nSPS) is 13.0. The van der Waals surface area contributed by atoms with E-state index in [9.17, 15) is 4.79 Å². The molecule has 0 amide bonds. The Morgan fingerprint density at radius 3 is 2.28 bits per heavy atom. The highest BCUT2D eigenvalue weighted by atomic mass is 35.5. The molecule has 1 unspecified atom stereocenters. The largest absolute Gasteiger partial charge is 0.480 e. The number of benzene rings is 1. The third-order valence-corrected chi connectivity index (χ3v) is 3.24. The Morgan fingerprint density at radius 2 is 1.83 bits per heavy atom. The van der Waals surface area contributed by atoms with Crippen LogP contribution in [0.2, 0.25) is 5.02 Å². The van der Waals surface area contributed by atoms with Gasteiger partial charge >= 0.3 is 5.97 Å². The molecular weight excluding hydrogens is 250 g/mol. The van der Waals surface area contributed by atoms with Crippen molar-refractivity contribution in [2.45, 2.75) is 39.3 Å². The maximum Gasteiger partial charge on any atom is 0.317 e. The number of carboxylic acids is 1. The molecule has 0 heterocycles. The fourth-order valence-electron chi connectivity index (χ4n) is 2.08. The number of carbonyl (C=O) groups is 1. The van der Waals surface area contributed by atoms with Crippen LogP contribution in [0.3, 0.4) is 0 Å². The molecule has 0 radical (unpaired) electrons. The topological polar surface area (TPSA) is 40.5 Å². The Bertz CT molecular complexity index is 389. The van der Waals surface area contributed by atoms with E-state index in [1.165, 1.54) is 5.56 Å². The van der Waals surface area contributed by atoms with Crippen LogP contribution in [0, 0.1) is 0 Å². The first-order chi connectivity index (χ1) is 8.40. The van der Waals surface area contributed by atoms with Gasteiger partial charge < -0.3 is 5.11 Å². The van der Waals surface area contributed by atoms with Gasteiger partial charge in [-0.05, 0) is 44.9 Å².